The van der Waals surface area contributed by atoms with Gasteiger partial charge in [0.1, 0.15) is 5.82 Å². The molecule has 2 aromatic rings. The molecule has 1 unspecified atom stereocenters. The van der Waals surface area contributed by atoms with E-state index in [1.807, 2.05) is 30.5 Å². The van der Waals surface area contributed by atoms with Gasteiger partial charge in [0.25, 0.3) is 0 Å². The Morgan fingerprint density at radius 3 is 2.89 bits per heavy atom. The van der Waals surface area contributed by atoms with Gasteiger partial charge in [-0.05, 0) is 37.6 Å². The second-order valence-electron chi connectivity index (χ2n) is 4.48. The number of benzene rings is 1. The Morgan fingerprint density at radius 1 is 1.28 bits per heavy atom. The number of rotatable bonds is 3. The maximum Gasteiger partial charge on any atom is 0.145 e. The number of hydrogen-bond acceptors (Lipinski definition) is 4. The maximum atomic E-state index is 4.54. The molecule has 3 rings (SSSR count). The molecule has 0 saturated carbocycles. The zero-order valence-electron chi connectivity index (χ0n) is 10.1. The Kier molecular flexibility index (Phi) is 4.33. The molecule has 1 aromatic heterocycles. The first-order valence-electron chi connectivity index (χ1n) is 6.08. The van der Waals surface area contributed by atoms with Crippen molar-refractivity contribution in [3.63, 3.8) is 0 Å². The van der Waals surface area contributed by atoms with E-state index in [0.717, 1.165) is 36.5 Å². The van der Waals surface area contributed by atoms with Crippen molar-refractivity contribution in [2.75, 3.05) is 25.0 Å². The minimum Gasteiger partial charge on any atom is -0.368 e. The van der Waals surface area contributed by atoms with Crippen LogP contribution in [0, 0.1) is 5.92 Å². The predicted molar refractivity (Wildman–Crippen MR) is 76.3 cm³/mol. The van der Waals surface area contributed by atoms with Crippen LogP contribution in [0.4, 0.5) is 5.82 Å². The van der Waals surface area contributed by atoms with Crippen LogP contribution in [0.15, 0.2) is 30.5 Å². The molecule has 1 aromatic carbocycles. The van der Waals surface area contributed by atoms with Crippen LogP contribution in [0.25, 0.3) is 11.0 Å². The summed E-state index contributed by atoms with van der Waals surface area (Å²) in [5.74, 6) is 1.58. The van der Waals surface area contributed by atoms with Crippen LogP contribution in [-0.4, -0.2) is 29.6 Å². The Balaban J connectivity index is 0.00000120. The summed E-state index contributed by atoms with van der Waals surface area (Å²) in [6, 6.07) is 7.94. The van der Waals surface area contributed by atoms with Crippen LogP contribution in [0.1, 0.15) is 6.42 Å². The Hall–Kier alpha value is -1.39. The van der Waals surface area contributed by atoms with Gasteiger partial charge in [-0.15, -0.1) is 12.4 Å². The lowest BCUT2D eigenvalue weighted by Crippen LogP contribution is -2.17. The van der Waals surface area contributed by atoms with Gasteiger partial charge in [0.2, 0.25) is 0 Å². The van der Waals surface area contributed by atoms with Crippen LogP contribution >= 0.6 is 12.4 Å². The fraction of sp³-hybridized carbons (Fsp3) is 0.385. The van der Waals surface area contributed by atoms with E-state index in [-0.39, 0.29) is 12.4 Å². The normalized spacial score (nSPS) is 18.6. The molecule has 18 heavy (non-hydrogen) atoms. The van der Waals surface area contributed by atoms with Gasteiger partial charge in [0.15, 0.2) is 0 Å². The fourth-order valence-corrected chi connectivity index (χ4v) is 2.18. The van der Waals surface area contributed by atoms with Crippen molar-refractivity contribution < 1.29 is 0 Å². The highest BCUT2D eigenvalue weighted by molar-refractivity contribution is 5.85. The summed E-state index contributed by atoms with van der Waals surface area (Å²) in [4.78, 5) is 8.93. The van der Waals surface area contributed by atoms with Crippen molar-refractivity contribution in [3.8, 4) is 0 Å². The average molecular weight is 265 g/mol. The van der Waals surface area contributed by atoms with E-state index in [1.54, 1.807) is 0 Å². The molecular weight excluding hydrogens is 248 g/mol. The molecule has 1 aliphatic heterocycles. The number of aromatic nitrogens is 2. The minimum atomic E-state index is 0. The summed E-state index contributed by atoms with van der Waals surface area (Å²) in [7, 11) is 0. The zero-order valence-corrected chi connectivity index (χ0v) is 10.9. The molecule has 1 aliphatic rings. The van der Waals surface area contributed by atoms with E-state index >= 15 is 0 Å². The van der Waals surface area contributed by atoms with Crippen molar-refractivity contribution in [2.24, 2.45) is 5.92 Å². The molecule has 0 aliphatic carbocycles. The van der Waals surface area contributed by atoms with Crippen LogP contribution in [0.3, 0.4) is 0 Å². The SMILES string of the molecule is Cl.c1ccc2nc(NCC3CCNC3)cnc2c1. The topological polar surface area (TPSA) is 49.8 Å². The molecule has 0 radical (unpaired) electrons. The van der Waals surface area contributed by atoms with Crippen molar-refractivity contribution >= 4 is 29.3 Å². The highest BCUT2D eigenvalue weighted by Crippen LogP contribution is 2.13. The largest absolute Gasteiger partial charge is 0.368 e. The summed E-state index contributed by atoms with van der Waals surface area (Å²) in [6.07, 6.45) is 3.05. The molecule has 0 bridgehead atoms. The molecule has 5 heteroatoms. The Morgan fingerprint density at radius 2 is 2.11 bits per heavy atom. The number of nitrogens with zero attached hydrogens (tertiary/aromatic N) is 2. The van der Waals surface area contributed by atoms with E-state index in [2.05, 4.69) is 20.6 Å². The molecule has 1 fully saturated rings. The van der Waals surface area contributed by atoms with Gasteiger partial charge in [0, 0.05) is 6.54 Å². The molecule has 2 heterocycles. The van der Waals surface area contributed by atoms with Crippen LogP contribution < -0.4 is 10.6 Å². The molecule has 0 amide bonds. The van der Waals surface area contributed by atoms with Gasteiger partial charge < -0.3 is 10.6 Å². The minimum absolute atomic E-state index is 0. The third-order valence-electron chi connectivity index (χ3n) is 3.18. The molecule has 1 atom stereocenters. The summed E-state index contributed by atoms with van der Waals surface area (Å²) in [5.41, 5.74) is 1.89. The maximum absolute atomic E-state index is 4.54. The van der Waals surface area contributed by atoms with Crippen molar-refractivity contribution in [2.45, 2.75) is 6.42 Å². The molecule has 1 saturated heterocycles. The third-order valence-corrected chi connectivity index (χ3v) is 3.18. The van der Waals surface area contributed by atoms with Crippen molar-refractivity contribution in [3.05, 3.63) is 30.5 Å². The first kappa shape index (κ1) is 13.1. The highest BCUT2D eigenvalue weighted by Gasteiger charge is 2.13. The molecule has 0 spiro atoms. The van der Waals surface area contributed by atoms with Gasteiger partial charge in [0.05, 0.1) is 17.2 Å². The summed E-state index contributed by atoms with van der Waals surface area (Å²) >= 11 is 0. The zero-order chi connectivity index (χ0) is 11.5. The molecule has 2 N–H and O–H groups in total. The van der Waals surface area contributed by atoms with Crippen LogP contribution in [-0.2, 0) is 0 Å². The van der Waals surface area contributed by atoms with Gasteiger partial charge in [-0.1, -0.05) is 12.1 Å². The number of hydrogen-bond donors (Lipinski definition) is 2. The molecule has 96 valence electrons. The van der Waals surface area contributed by atoms with E-state index in [0.29, 0.717) is 5.92 Å². The molecule has 4 nitrogen and oxygen atoms in total. The first-order valence-corrected chi connectivity index (χ1v) is 6.08. The number of halogens is 1. The first-order chi connectivity index (χ1) is 8.42. The van der Waals surface area contributed by atoms with E-state index < -0.39 is 0 Å². The van der Waals surface area contributed by atoms with E-state index in [9.17, 15) is 0 Å². The lowest BCUT2D eigenvalue weighted by atomic mass is 10.1. The van der Waals surface area contributed by atoms with Crippen LogP contribution in [0.2, 0.25) is 0 Å². The van der Waals surface area contributed by atoms with Gasteiger partial charge in [-0.3, -0.25) is 4.98 Å². The van der Waals surface area contributed by atoms with Gasteiger partial charge >= 0.3 is 0 Å². The summed E-state index contributed by atoms with van der Waals surface area (Å²) < 4.78 is 0. The number of fused-ring (bicyclic) bond motifs is 1. The predicted octanol–water partition coefficient (Wildman–Crippen LogP) is 2.07. The quantitative estimate of drug-likeness (QED) is 0.891. The highest BCUT2D eigenvalue weighted by atomic mass is 35.5. The second kappa shape index (κ2) is 5.98. The van der Waals surface area contributed by atoms with Gasteiger partial charge in [-0.25, -0.2) is 4.98 Å². The summed E-state index contributed by atoms with van der Waals surface area (Å²) in [5, 5.41) is 6.73. The smallest absolute Gasteiger partial charge is 0.145 e. The third kappa shape index (κ3) is 2.89. The number of anilines is 1. The fourth-order valence-electron chi connectivity index (χ4n) is 2.18. The Labute approximate surface area is 113 Å². The number of nitrogens with one attached hydrogen (secondary N) is 2. The van der Waals surface area contributed by atoms with Crippen molar-refractivity contribution in [1.82, 2.24) is 15.3 Å². The van der Waals surface area contributed by atoms with E-state index in [4.69, 9.17) is 0 Å². The number of para-hydroxylation sites is 2. The average Bonchev–Trinajstić information content (AvgIpc) is 2.89. The molecular formula is C13H17ClN4. The Bertz CT molecular complexity index is 511. The van der Waals surface area contributed by atoms with E-state index in [1.165, 1.54) is 6.42 Å². The lowest BCUT2D eigenvalue weighted by molar-refractivity contribution is 0.614. The summed E-state index contributed by atoms with van der Waals surface area (Å²) in [6.45, 7) is 3.21. The lowest BCUT2D eigenvalue weighted by Gasteiger charge is -2.10. The van der Waals surface area contributed by atoms with Crippen molar-refractivity contribution in [1.29, 1.82) is 0 Å². The second-order valence-corrected chi connectivity index (χ2v) is 4.48. The van der Waals surface area contributed by atoms with Crippen LogP contribution in [0.5, 0.6) is 0 Å². The van der Waals surface area contributed by atoms with Gasteiger partial charge in [-0.2, -0.15) is 0 Å². The monoisotopic (exact) mass is 264 g/mol. The standard InChI is InChI=1S/C13H16N4.ClH/c1-2-4-12-11(3-1)15-9-13(17-12)16-8-10-5-6-14-7-10;/h1-4,9-10,14H,5-8H2,(H,16,17);1H.